The maximum absolute atomic E-state index is 14.1. The summed E-state index contributed by atoms with van der Waals surface area (Å²) in [6, 6.07) is 10.3. The molecule has 2 N–H and O–H groups in total. The van der Waals surface area contributed by atoms with Crippen molar-refractivity contribution >= 4 is 29.1 Å². The zero-order valence-corrected chi connectivity index (χ0v) is 19.6. The molecule has 176 valence electrons. The summed E-state index contributed by atoms with van der Waals surface area (Å²) in [6.45, 7) is 9.97. The number of ether oxygens (including phenoxy) is 1. The van der Waals surface area contributed by atoms with Crippen LogP contribution in [0.5, 0.6) is 0 Å². The highest BCUT2D eigenvalue weighted by atomic mass is 19.1. The SMILES string of the molecule is Cc1ccc(F)c2c1NC(C(=O)Nc1cccc(N3CCN(C(=O)OC(C)(C)C)CC3)c1)C2. The maximum atomic E-state index is 14.1. The normalized spacial score (nSPS) is 17.9. The molecule has 0 spiro atoms. The number of carbonyl (C=O) groups excluding carboxylic acids is 2. The summed E-state index contributed by atoms with van der Waals surface area (Å²) in [4.78, 5) is 29.0. The number of aryl methyl sites for hydroxylation is 1. The Labute approximate surface area is 193 Å². The second-order valence-electron chi connectivity index (χ2n) is 9.61. The largest absolute Gasteiger partial charge is 0.444 e. The molecule has 7 nitrogen and oxygen atoms in total. The number of benzene rings is 2. The summed E-state index contributed by atoms with van der Waals surface area (Å²) >= 11 is 0. The van der Waals surface area contributed by atoms with E-state index < -0.39 is 11.6 Å². The minimum atomic E-state index is -0.517. The minimum absolute atomic E-state index is 0.197. The van der Waals surface area contributed by atoms with Gasteiger partial charge in [0.15, 0.2) is 0 Å². The molecule has 0 radical (unpaired) electrons. The highest BCUT2D eigenvalue weighted by Crippen LogP contribution is 2.32. The molecule has 0 saturated carbocycles. The Bertz CT molecular complexity index is 1030. The summed E-state index contributed by atoms with van der Waals surface area (Å²) in [6.07, 6.45) is 0.0287. The highest BCUT2D eigenvalue weighted by molar-refractivity contribution is 5.98. The van der Waals surface area contributed by atoms with Gasteiger partial charge in [0.05, 0.1) is 0 Å². The Balaban J connectivity index is 1.35. The molecule has 1 unspecified atom stereocenters. The first-order valence-corrected chi connectivity index (χ1v) is 11.3. The van der Waals surface area contributed by atoms with E-state index in [0.717, 1.165) is 11.3 Å². The molecule has 0 bridgehead atoms. The molecule has 2 aliphatic rings. The van der Waals surface area contributed by atoms with Crippen molar-refractivity contribution in [3.63, 3.8) is 0 Å². The van der Waals surface area contributed by atoms with Gasteiger partial charge < -0.3 is 25.2 Å². The van der Waals surface area contributed by atoms with Crippen LogP contribution in [0.15, 0.2) is 36.4 Å². The predicted octanol–water partition coefficient (Wildman–Crippen LogP) is 4.17. The van der Waals surface area contributed by atoms with E-state index in [1.165, 1.54) is 6.07 Å². The van der Waals surface area contributed by atoms with Gasteiger partial charge in [-0.1, -0.05) is 12.1 Å². The molecular formula is C25H31FN4O3. The molecule has 2 aromatic carbocycles. The Morgan fingerprint density at radius 2 is 1.85 bits per heavy atom. The lowest BCUT2D eigenvalue weighted by atomic mass is 10.1. The average Bonchev–Trinajstić information content (AvgIpc) is 3.23. The van der Waals surface area contributed by atoms with Crippen molar-refractivity contribution in [3.8, 4) is 0 Å². The van der Waals surface area contributed by atoms with Gasteiger partial charge in [0.25, 0.3) is 0 Å². The van der Waals surface area contributed by atoms with Crippen molar-refractivity contribution in [2.45, 2.75) is 45.8 Å². The van der Waals surface area contributed by atoms with E-state index in [2.05, 4.69) is 15.5 Å². The summed E-state index contributed by atoms with van der Waals surface area (Å²) in [7, 11) is 0. The van der Waals surface area contributed by atoms with Crippen molar-refractivity contribution in [3.05, 3.63) is 53.3 Å². The van der Waals surface area contributed by atoms with Crippen LogP contribution in [0.2, 0.25) is 0 Å². The van der Waals surface area contributed by atoms with Crippen LogP contribution in [0.1, 0.15) is 31.9 Å². The second kappa shape index (κ2) is 8.92. The monoisotopic (exact) mass is 454 g/mol. The van der Waals surface area contributed by atoms with Crippen molar-refractivity contribution in [2.24, 2.45) is 0 Å². The van der Waals surface area contributed by atoms with Crippen LogP contribution < -0.4 is 15.5 Å². The number of nitrogens with zero attached hydrogens (tertiary/aromatic N) is 2. The van der Waals surface area contributed by atoms with Crippen LogP contribution in [-0.4, -0.2) is 54.7 Å². The standard InChI is InChI=1S/C25H31FN4O3/c1-16-8-9-20(26)19-15-21(28-22(16)19)23(31)27-17-6-5-7-18(14-17)29-10-12-30(13-11-29)24(32)33-25(2,3)4/h5-9,14,21,28H,10-13,15H2,1-4H3,(H,27,31). The van der Waals surface area contributed by atoms with Crippen molar-refractivity contribution in [1.82, 2.24) is 4.90 Å². The van der Waals surface area contributed by atoms with E-state index in [1.807, 2.05) is 52.0 Å². The molecule has 1 atom stereocenters. The van der Waals surface area contributed by atoms with Gasteiger partial charge in [0, 0.05) is 55.2 Å². The summed E-state index contributed by atoms with van der Waals surface area (Å²) in [5.41, 5.74) is 3.34. The zero-order chi connectivity index (χ0) is 23.8. The fourth-order valence-electron chi connectivity index (χ4n) is 4.21. The van der Waals surface area contributed by atoms with Gasteiger partial charge in [-0.3, -0.25) is 4.79 Å². The highest BCUT2D eigenvalue weighted by Gasteiger charge is 2.30. The van der Waals surface area contributed by atoms with Gasteiger partial charge in [0.1, 0.15) is 17.5 Å². The number of carbonyl (C=O) groups is 2. The molecule has 33 heavy (non-hydrogen) atoms. The summed E-state index contributed by atoms with van der Waals surface area (Å²) in [5, 5.41) is 6.12. The second-order valence-corrected chi connectivity index (χ2v) is 9.61. The molecule has 0 aromatic heterocycles. The van der Waals surface area contributed by atoms with Crippen molar-refractivity contribution in [1.29, 1.82) is 0 Å². The molecule has 4 rings (SSSR count). The van der Waals surface area contributed by atoms with E-state index >= 15 is 0 Å². The Morgan fingerprint density at radius 1 is 1.12 bits per heavy atom. The predicted molar refractivity (Wildman–Crippen MR) is 127 cm³/mol. The molecule has 0 aliphatic carbocycles. The van der Waals surface area contributed by atoms with Crippen LogP contribution in [-0.2, 0) is 16.0 Å². The number of rotatable bonds is 3. The van der Waals surface area contributed by atoms with Crippen molar-refractivity contribution in [2.75, 3.05) is 41.7 Å². The number of nitrogens with one attached hydrogen (secondary N) is 2. The van der Waals surface area contributed by atoms with Crippen LogP contribution in [0, 0.1) is 12.7 Å². The van der Waals surface area contributed by atoms with Crippen LogP contribution in [0.3, 0.4) is 0 Å². The Morgan fingerprint density at radius 3 is 2.52 bits per heavy atom. The molecule has 2 heterocycles. The molecule has 2 aromatic rings. The van der Waals surface area contributed by atoms with Crippen LogP contribution in [0.4, 0.5) is 26.2 Å². The van der Waals surface area contributed by atoms with E-state index in [-0.39, 0.29) is 17.8 Å². The van der Waals surface area contributed by atoms with Crippen LogP contribution in [0.25, 0.3) is 0 Å². The van der Waals surface area contributed by atoms with Gasteiger partial charge >= 0.3 is 6.09 Å². The maximum Gasteiger partial charge on any atom is 0.410 e. The van der Waals surface area contributed by atoms with E-state index in [0.29, 0.717) is 49.5 Å². The molecule has 2 amide bonds. The lowest BCUT2D eigenvalue weighted by Gasteiger charge is -2.36. The number of piperazine rings is 1. The van der Waals surface area contributed by atoms with Crippen LogP contribution >= 0.6 is 0 Å². The Kier molecular flexibility index (Phi) is 6.19. The third-order valence-electron chi connectivity index (χ3n) is 5.92. The van der Waals surface area contributed by atoms with E-state index in [9.17, 15) is 14.0 Å². The molecule has 8 heteroatoms. The lowest BCUT2D eigenvalue weighted by molar-refractivity contribution is -0.116. The molecular weight excluding hydrogens is 423 g/mol. The third-order valence-corrected chi connectivity index (χ3v) is 5.92. The lowest BCUT2D eigenvalue weighted by Crippen LogP contribution is -2.50. The van der Waals surface area contributed by atoms with E-state index in [1.54, 1.807) is 11.0 Å². The average molecular weight is 455 g/mol. The fourth-order valence-corrected chi connectivity index (χ4v) is 4.21. The van der Waals surface area contributed by atoms with Gasteiger partial charge in [-0.15, -0.1) is 0 Å². The molecule has 1 saturated heterocycles. The smallest absolute Gasteiger partial charge is 0.410 e. The third kappa shape index (κ3) is 5.21. The number of hydrogen-bond acceptors (Lipinski definition) is 5. The van der Waals surface area contributed by atoms with Gasteiger partial charge in [-0.05, 0) is 57.5 Å². The topological polar surface area (TPSA) is 73.9 Å². The van der Waals surface area contributed by atoms with E-state index in [4.69, 9.17) is 4.74 Å². The minimum Gasteiger partial charge on any atom is -0.444 e. The van der Waals surface area contributed by atoms with Gasteiger partial charge in [-0.2, -0.15) is 0 Å². The number of anilines is 3. The molecule has 1 fully saturated rings. The van der Waals surface area contributed by atoms with Gasteiger partial charge in [-0.25, -0.2) is 9.18 Å². The number of amides is 2. The number of fused-ring (bicyclic) bond motifs is 1. The summed E-state index contributed by atoms with van der Waals surface area (Å²) < 4.78 is 19.6. The van der Waals surface area contributed by atoms with Crippen molar-refractivity contribution < 1.29 is 18.7 Å². The summed E-state index contributed by atoms with van der Waals surface area (Å²) in [5.74, 6) is -0.484. The zero-order valence-electron chi connectivity index (χ0n) is 19.6. The Hall–Kier alpha value is -3.29. The first-order valence-electron chi connectivity index (χ1n) is 11.3. The van der Waals surface area contributed by atoms with Gasteiger partial charge in [0.2, 0.25) is 5.91 Å². The first kappa shape index (κ1) is 22.9. The molecule has 2 aliphatic heterocycles. The fraction of sp³-hybridized carbons (Fsp3) is 0.440. The number of hydrogen-bond donors (Lipinski definition) is 2. The quantitative estimate of drug-likeness (QED) is 0.728. The first-order chi connectivity index (χ1) is 15.6. The number of halogens is 1.